The molecule has 82 valence electrons. The SMILES string of the molecule is C[C@@H](O)c1ccc(Sc2ccncc2)nc1. The van der Waals surface area contributed by atoms with Crippen molar-refractivity contribution in [1.82, 2.24) is 9.97 Å². The van der Waals surface area contributed by atoms with E-state index in [4.69, 9.17) is 0 Å². The summed E-state index contributed by atoms with van der Waals surface area (Å²) >= 11 is 1.58. The van der Waals surface area contributed by atoms with Gasteiger partial charge >= 0.3 is 0 Å². The Balaban J connectivity index is 2.11. The number of hydrogen-bond donors (Lipinski definition) is 1. The third kappa shape index (κ3) is 2.81. The van der Waals surface area contributed by atoms with Gasteiger partial charge in [0.1, 0.15) is 5.03 Å². The van der Waals surface area contributed by atoms with Crippen molar-refractivity contribution in [2.24, 2.45) is 0 Å². The van der Waals surface area contributed by atoms with Crippen LogP contribution in [0.4, 0.5) is 0 Å². The Hall–Kier alpha value is -1.39. The van der Waals surface area contributed by atoms with E-state index < -0.39 is 6.10 Å². The summed E-state index contributed by atoms with van der Waals surface area (Å²) < 4.78 is 0. The molecule has 1 atom stereocenters. The average Bonchev–Trinajstić information content (AvgIpc) is 2.31. The van der Waals surface area contributed by atoms with Gasteiger partial charge in [-0.1, -0.05) is 17.8 Å². The molecular weight excluding hydrogens is 220 g/mol. The van der Waals surface area contributed by atoms with Gasteiger partial charge in [-0.25, -0.2) is 4.98 Å². The second kappa shape index (κ2) is 5.09. The summed E-state index contributed by atoms with van der Waals surface area (Å²) in [6.07, 6.45) is 4.75. The van der Waals surface area contributed by atoms with Gasteiger partial charge < -0.3 is 5.11 Å². The number of pyridine rings is 2. The molecule has 0 aliphatic rings. The Kier molecular flexibility index (Phi) is 3.54. The van der Waals surface area contributed by atoms with Gasteiger partial charge in [0.05, 0.1) is 6.10 Å². The molecule has 2 aromatic rings. The summed E-state index contributed by atoms with van der Waals surface area (Å²) in [6.45, 7) is 1.73. The molecule has 0 amide bonds. The maximum absolute atomic E-state index is 9.35. The van der Waals surface area contributed by atoms with Gasteiger partial charge in [-0.15, -0.1) is 0 Å². The zero-order chi connectivity index (χ0) is 11.4. The summed E-state index contributed by atoms with van der Waals surface area (Å²) in [6, 6.07) is 7.68. The van der Waals surface area contributed by atoms with Crippen LogP contribution >= 0.6 is 11.8 Å². The first-order valence-electron chi connectivity index (χ1n) is 4.97. The van der Waals surface area contributed by atoms with E-state index in [-0.39, 0.29) is 0 Å². The molecule has 0 saturated heterocycles. The lowest BCUT2D eigenvalue weighted by Gasteiger charge is -2.05. The zero-order valence-electron chi connectivity index (χ0n) is 8.87. The first-order chi connectivity index (χ1) is 7.75. The van der Waals surface area contributed by atoms with E-state index in [1.165, 1.54) is 0 Å². The van der Waals surface area contributed by atoms with Crippen LogP contribution in [0.3, 0.4) is 0 Å². The molecule has 0 radical (unpaired) electrons. The molecule has 2 aromatic heterocycles. The maximum Gasteiger partial charge on any atom is 0.101 e. The molecular formula is C12H12N2OS. The quantitative estimate of drug-likeness (QED) is 0.883. The molecule has 0 bridgehead atoms. The predicted octanol–water partition coefficient (Wildman–Crippen LogP) is 2.68. The normalized spacial score (nSPS) is 12.4. The van der Waals surface area contributed by atoms with E-state index in [1.807, 2.05) is 24.3 Å². The van der Waals surface area contributed by atoms with Gasteiger partial charge in [-0.3, -0.25) is 4.98 Å². The van der Waals surface area contributed by atoms with Crippen LogP contribution in [-0.2, 0) is 0 Å². The average molecular weight is 232 g/mol. The molecule has 0 spiro atoms. The van der Waals surface area contributed by atoms with E-state index in [9.17, 15) is 5.11 Å². The summed E-state index contributed by atoms with van der Waals surface area (Å²) in [5.74, 6) is 0. The van der Waals surface area contributed by atoms with Gasteiger partial charge in [0.2, 0.25) is 0 Å². The monoisotopic (exact) mass is 232 g/mol. The van der Waals surface area contributed by atoms with Gasteiger partial charge in [0.15, 0.2) is 0 Å². The summed E-state index contributed by atoms with van der Waals surface area (Å²) in [4.78, 5) is 9.34. The maximum atomic E-state index is 9.35. The lowest BCUT2D eigenvalue weighted by Crippen LogP contribution is -1.92. The lowest BCUT2D eigenvalue weighted by molar-refractivity contribution is 0.198. The van der Waals surface area contributed by atoms with Crippen molar-refractivity contribution in [3.8, 4) is 0 Å². The van der Waals surface area contributed by atoms with Gasteiger partial charge in [-0.05, 0) is 30.7 Å². The highest BCUT2D eigenvalue weighted by Gasteiger charge is 2.02. The largest absolute Gasteiger partial charge is 0.389 e. The number of aromatic nitrogens is 2. The smallest absolute Gasteiger partial charge is 0.101 e. The number of nitrogens with zero attached hydrogens (tertiary/aromatic N) is 2. The van der Waals surface area contributed by atoms with E-state index in [2.05, 4.69) is 9.97 Å². The zero-order valence-corrected chi connectivity index (χ0v) is 9.69. The van der Waals surface area contributed by atoms with Crippen LogP contribution in [0.15, 0.2) is 52.8 Å². The van der Waals surface area contributed by atoms with Crippen molar-refractivity contribution in [2.45, 2.75) is 22.9 Å². The molecule has 0 saturated carbocycles. The molecule has 0 aliphatic carbocycles. The fraction of sp³-hybridized carbons (Fsp3) is 0.167. The third-order valence-corrected chi connectivity index (χ3v) is 3.07. The highest BCUT2D eigenvalue weighted by atomic mass is 32.2. The minimum Gasteiger partial charge on any atom is -0.389 e. The number of aliphatic hydroxyl groups excluding tert-OH is 1. The molecule has 4 heteroatoms. The standard InChI is InChI=1S/C12H12N2OS/c1-9(15)10-2-3-12(14-8-10)16-11-4-6-13-7-5-11/h2-9,15H,1H3/t9-/m1/s1. The Morgan fingerprint density at radius 3 is 2.50 bits per heavy atom. The minimum absolute atomic E-state index is 0.465. The summed E-state index contributed by atoms with van der Waals surface area (Å²) in [5.41, 5.74) is 0.832. The Morgan fingerprint density at radius 1 is 1.19 bits per heavy atom. The van der Waals surface area contributed by atoms with Crippen LogP contribution in [0.2, 0.25) is 0 Å². The van der Waals surface area contributed by atoms with Crippen LogP contribution < -0.4 is 0 Å². The number of rotatable bonds is 3. The highest BCUT2D eigenvalue weighted by molar-refractivity contribution is 7.99. The van der Waals surface area contributed by atoms with Crippen molar-refractivity contribution in [3.63, 3.8) is 0 Å². The molecule has 0 aromatic carbocycles. The fourth-order valence-electron chi connectivity index (χ4n) is 1.23. The topological polar surface area (TPSA) is 46.0 Å². The molecule has 3 nitrogen and oxygen atoms in total. The van der Waals surface area contributed by atoms with Crippen LogP contribution in [0.5, 0.6) is 0 Å². The fourth-order valence-corrected chi connectivity index (χ4v) is 1.97. The second-order valence-corrected chi connectivity index (χ2v) is 4.48. The van der Waals surface area contributed by atoms with Gasteiger partial charge in [0.25, 0.3) is 0 Å². The molecule has 16 heavy (non-hydrogen) atoms. The van der Waals surface area contributed by atoms with Gasteiger partial charge in [0, 0.05) is 23.5 Å². The first kappa shape index (κ1) is 11.1. The first-order valence-corrected chi connectivity index (χ1v) is 5.79. The predicted molar refractivity (Wildman–Crippen MR) is 63.2 cm³/mol. The van der Waals surface area contributed by atoms with Crippen LogP contribution in [0.25, 0.3) is 0 Å². The van der Waals surface area contributed by atoms with Crippen molar-refractivity contribution in [3.05, 3.63) is 48.4 Å². The van der Waals surface area contributed by atoms with Gasteiger partial charge in [-0.2, -0.15) is 0 Å². The third-order valence-electron chi connectivity index (χ3n) is 2.11. The van der Waals surface area contributed by atoms with Crippen molar-refractivity contribution in [2.75, 3.05) is 0 Å². The lowest BCUT2D eigenvalue weighted by atomic mass is 10.2. The molecule has 0 unspecified atom stereocenters. The highest BCUT2D eigenvalue weighted by Crippen LogP contribution is 2.25. The molecule has 0 aliphatic heterocycles. The Labute approximate surface area is 98.6 Å². The summed E-state index contributed by atoms with van der Waals surface area (Å²) in [5, 5.41) is 10.3. The number of hydrogen-bond acceptors (Lipinski definition) is 4. The molecule has 0 fully saturated rings. The van der Waals surface area contributed by atoms with Crippen LogP contribution in [0, 0.1) is 0 Å². The van der Waals surface area contributed by atoms with Crippen molar-refractivity contribution < 1.29 is 5.11 Å². The van der Waals surface area contributed by atoms with E-state index in [0.717, 1.165) is 15.5 Å². The second-order valence-electron chi connectivity index (χ2n) is 3.39. The van der Waals surface area contributed by atoms with Crippen LogP contribution in [-0.4, -0.2) is 15.1 Å². The van der Waals surface area contributed by atoms with Crippen LogP contribution in [0.1, 0.15) is 18.6 Å². The Bertz CT molecular complexity index is 442. The van der Waals surface area contributed by atoms with Crippen molar-refractivity contribution in [1.29, 1.82) is 0 Å². The Morgan fingerprint density at radius 2 is 1.94 bits per heavy atom. The van der Waals surface area contributed by atoms with E-state index in [1.54, 1.807) is 37.3 Å². The minimum atomic E-state index is -0.465. The van der Waals surface area contributed by atoms with E-state index in [0.29, 0.717) is 0 Å². The molecule has 1 N–H and O–H groups in total. The number of aliphatic hydroxyl groups is 1. The molecule has 2 heterocycles. The van der Waals surface area contributed by atoms with E-state index >= 15 is 0 Å². The molecule has 2 rings (SSSR count). The summed E-state index contributed by atoms with van der Waals surface area (Å²) in [7, 11) is 0. The van der Waals surface area contributed by atoms with Crippen molar-refractivity contribution >= 4 is 11.8 Å².